The number of hydrogen-bond acceptors (Lipinski definition) is 4. The van der Waals surface area contributed by atoms with Gasteiger partial charge in [-0.25, -0.2) is 4.79 Å². The molecule has 0 aromatic heterocycles. The molecule has 2 aromatic carbocycles. The lowest BCUT2D eigenvalue weighted by Gasteiger charge is -2.31. The van der Waals surface area contributed by atoms with E-state index in [0.717, 1.165) is 36.8 Å². The van der Waals surface area contributed by atoms with Crippen LogP contribution in [0.4, 0.5) is 4.79 Å². The number of fused-ring (bicyclic) bond motifs is 3. The van der Waals surface area contributed by atoms with Crippen molar-refractivity contribution < 1.29 is 24.2 Å². The molecule has 3 aliphatic rings. The highest BCUT2D eigenvalue weighted by molar-refractivity contribution is 5.82. The number of ether oxygens (including phenoxy) is 1. The van der Waals surface area contributed by atoms with Crippen LogP contribution in [0.1, 0.15) is 55.6 Å². The number of amides is 2. The Labute approximate surface area is 205 Å². The maximum atomic E-state index is 12.8. The number of rotatable bonds is 8. The smallest absolute Gasteiger partial charge is 0.407 e. The van der Waals surface area contributed by atoms with Crippen LogP contribution in [0.2, 0.25) is 0 Å². The molecule has 35 heavy (non-hydrogen) atoms. The largest absolute Gasteiger partial charge is 0.481 e. The van der Waals surface area contributed by atoms with Gasteiger partial charge in [0, 0.05) is 18.5 Å². The van der Waals surface area contributed by atoms with Crippen molar-refractivity contribution in [3.63, 3.8) is 0 Å². The predicted molar refractivity (Wildman–Crippen MR) is 131 cm³/mol. The average Bonchev–Trinajstić information content (AvgIpc) is 3.41. The fraction of sp³-hybridized carbons (Fsp3) is 0.464. The summed E-state index contributed by atoms with van der Waals surface area (Å²) in [6, 6.07) is 16.1. The summed E-state index contributed by atoms with van der Waals surface area (Å²) in [4.78, 5) is 37.1. The Balaban J connectivity index is 1.16. The molecule has 7 nitrogen and oxygen atoms in total. The van der Waals surface area contributed by atoms with Crippen molar-refractivity contribution >= 4 is 18.0 Å². The van der Waals surface area contributed by atoms with E-state index in [1.165, 1.54) is 11.1 Å². The third-order valence-electron chi connectivity index (χ3n) is 8.03. The fourth-order valence-electron chi connectivity index (χ4n) is 5.88. The minimum Gasteiger partial charge on any atom is -0.481 e. The zero-order valence-corrected chi connectivity index (χ0v) is 19.7. The van der Waals surface area contributed by atoms with Crippen molar-refractivity contribution in [3.8, 4) is 11.1 Å². The lowest BCUT2D eigenvalue weighted by Crippen LogP contribution is -2.46. The number of carboxylic acids is 1. The molecule has 2 aromatic rings. The van der Waals surface area contributed by atoms with Crippen molar-refractivity contribution in [1.29, 1.82) is 0 Å². The number of carboxylic acid groups (broad SMARTS) is 1. The molecule has 1 unspecified atom stereocenters. The third kappa shape index (κ3) is 4.77. The first-order chi connectivity index (χ1) is 17.0. The standard InChI is InChI=1S/C28H32N2O5/c31-26(29-15-23(27(32)33)17-7-5-8-17)22-13-6-14-25(22)30-28(34)35-16-24-20-11-3-1-9-18(20)19-10-2-4-12-21(19)24/h1-4,9-12,17,22-25H,5-8,13-16H2,(H,29,31)(H,30,34)(H,32,33)/t22-,23?,25+/m1/s1. The lowest BCUT2D eigenvalue weighted by atomic mass is 9.76. The van der Waals surface area contributed by atoms with Crippen molar-refractivity contribution in [2.75, 3.05) is 13.2 Å². The summed E-state index contributed by atoms with van der Waals surface area (Å²) in [6.45, 7) is 0.373. The summed E-state index contributed by atoms with van der Waals surface area (Å²) in [7, 11) is 0. The van der Waals surface area contributed by atoms with Gasteiger partial charge in [0.25, 0.3) is 0 Å². The van der Waals surface area contributed by atoms with Crippen LogP contribution >= 0.6 is 0 Å². The van der Waals surface area contributed by atoms with Crippen LogP contribution in [0, 0.1) is 17.8 Å². The molecule has 3 aliphatic carbocycles. The first-order valence-electron chi connectivity index (χ1n) is 12.6. The van der Waals surface area contributed by atoms with E-state index in [4.69, 9.17) is 4.74 Å². The predicted octanol–water partition coefficient (Wildman–Crippen LogP) is 4.31. The topological polar surface area (TPSA) is 105 Å². The SMILES string of the molecule is O=C(N[C@H]1CCC[C@H]1C(=O)NCC(C(=O)O)C1CCC1)OCC1c2ccccc2-c2ccccc21. The van der Waals surface area contributed by atoms with Crippen LogP contribution < -0.4 is 10.6 Å². The van der Waals surface area contributed by atoms with Gasteiger partial charge in [0.15, 0.2) is 0 Å². The Morgan fingerprint density at radius 1 is 0.914 bits per heavy atom. The van der Waals surface area contributed by atoms with Crippen molar-refractivity contribution in [1.82, 2.24) is 10.6 Å². The van der Waals surface area contributed by atoms with Gasteiger partial charge in [0.05, 0.1) is 11.8 Å². The Morgan fingerprint density at radius 3 is 2.14 bits per heavy atom. The normalized spacial score (nSPS) is 21.9. The van der Waals surface area contributed by atoms with Crippen LogP contribution in [0.3, 0.4) is 0 Å². The minimum absolute atomic E-state index is 0.0183. The van der Waals surface area contributed by atoms with Gasteiger partial charge >= 0.3 is 12.1 Å². The van der Waals surface area contributed by atoms with E-state index in [0.29, 0.717) is 12.8 Å². The molecular weight excluding hydrogens is 444 g/mol. The van der Waals surface area contributed by atoms with Crippen LogP contribution in [0.15, 0.2) is 48.5 Å². The van der Waals surface area contributed by atoms with E-state index in [9.17, 15) is 19.5 Å². The summed E-state index contributed by atoms with van der Waals surface area (Å²) in [5.74, 6) is -1.82. The first-order valence-corrected chi connectivity index (χ1v) is 12.6. The summed E-state index contributed by atoms with van der Waals surface area (Å²) >= 11 is 0. The van der Waals surface area contributed by atoms with Crippen molar-refractivity contribution in [2.45, 2.75) is 50.5 Å². The van der Waals surface area contributed by atoms with E-state index < -0.39 is 18.0 Å². The average molecular weight is 477 g/mol. The van der Waals surface area contributed by atoms with E-state index in [1.54, 1.807) is 0 Å². The summed E-state index contributed by atoms with van der Waals surface area (Å²) in [6.07, 6.45) is 4.54. The van der Waals surface area contributed by atoms with Gasteiger partial charge < -0.3 is 20.5 Å². The monoisotopic (exact) mass is 476 g/mol. The molecule has 2 fully saturated rings. The van der Waals surface area contributed by atoms with Gasteiger partial charge in [0.1, 0.15) is 6.61 Å². The van der Waals surface area contributed by atoms with Crippen LogP contribution in [-0.2, 0) is 14.3 Å². The molecule has 2 amide bonds. The van der Waals surface area contributed by atoms with Gasteiger partial charge in [-0.05, 0) is 53.9 Å². The van der Waals surface area contributed by atoms with E-state index >= 15 is 0 Å². The zero-order valence-electron chi connectivity index (χ0n) is 19.7. The molecule has 3 atom stereocenters. The maximum absolute atomic E-state index is 12.8. The second-order valence-corrected chi connectivity index (χ2v) is 9.99. The molecule has 0 aliphatic heterocycles. The molecule has 5 rings (SSSR count). The summed E-state index contributed by atoms with van der Waals surface area (Å²) < 4.78 is 5.65. The summed E-state index contributed by atoms with van der Waals surface area (Å²) in [5, 5.41) is 15.2. The highest BCUT2D eigenvalue weighted by Gasteiger charge is 2.37. The van der Waals surface area contributed by atoms with Gasteiger partial charge in [0.2, 0.25) is 5.91 Å². The van der Waals surface area contributed by atoms with E-state index in [1.807, 2.05) is 24.3 Å². The Bertz CT molecular complexity index is 1070. The third-order valence-corrected chi connectivity index (χ3v) is 8.03. The van der Waals surface area contributed by atoms with E-state index in [-0.39, 0.29) is 42.9 Å². The lowest BCUT2D eigenvalue weighted by molar-refractivity contribution is -0.145. The first kappa shape index (κ1) is 23.4. The number of benzene rings is 2. The highest BCUT2D eigenvalue weighted by Crippen LogP contribution is 2.44. The number of carbonyl (C=O) groups is 3. The maximum Gasteiger partial charge on any atom is 0.407 e. The van der Waals surface area contributed by atoms with E-state index in [2.05, 4.69) is 34.9 Å². The van der Waals surface area contributed by atoms with Crippen LogP contribution in [0.25, 0.3) is 11.1 Å². The molecule has 7 heteroatoms. The van der Waals surface area contributed by atoms with Gasteiger partial charge in [-0.15, -0.1) is 0 Å². The van der Waals surface area contributed by atoms with Crippen molar-refractivity contribution in [2.24, 2.45) is 17.8 Å². The molecular formula is C28H32N2O5. The second-order valence-electron chi connectivity index (χ2n) is 9.99. The molecule has 0 spiro atoms. The molecule has 0 bridgehead atoms. The zero-order chi connectivity index (χ0) is 24.4. The number of hydrogen-bond donors (Lipinski definition) is 3. The van der Waals surface area contributed by atoms with Gasteiger partial charge in [-0.1, -0.05) is 61.4 Å². The number of nitrogens with one attached hydrogen (secondary N) is 2. The quantitative estimate of drug-likeness (QED) is 0.527. The Morgan fingerprint density at radius 2 is 1.54 bits per heavy atom. The van der Waals surface area contributed by atoms with Gasteiger partial charge in [-0.2, -0.15) is 0 Å². The van der Waals surface area contributed by atoms with Crippen LogP contribution in [0.5, 0.6) is 0 Å². The fourth-order valence-corrected chi connectivity index (χ4v) is 5.88. The molecule has 3 N–H and O–H groups in total. The number of aliphatic carboxylic acids is 1. The highest BCUT2D eigenvalue weighted by atomic mass is 16.5. The molecule has 0 heterocycles. The molecule has 0 saturated heterocycles. The van der Waals surface area contributed by atoms with Gasteiger partial charge in [-0.3, -0.25) is 9.59 Å². The second kappa shape index (κ2) is 10.1. The van der Waals surface area contributed by atoms with Crippen LogP contribution in [-0.4, -0.2) is 42.3 Å². The molecule has 184 valence electrons. The number of carbonyl (C=O) groups excluding carboxylic acids is 2. The summed E-state index contributed by atoms with van der Waals surface area (Å²) in [5.41, 5.74) is 4.65. The minimum atomic E-state index is -0.852. The number of alkyl carbamates (subject to hydrolysis) is 1. The molecule has 2 saturated carbocycles. The van der Waals surface area contributed by atoms with Crippen molar-refractivity contribution in [3.05, 3.63) is 59.7 Å². The molecule has 0 radical (unpaired) electrons. The Hall–Kier alpha value is -3.35. The Kier molecular flexibility index (Phi) is 6.75.